The molecule has 3 saturated heterocycles. The van der Waals surface area contributed by atoms with E-state index in [-0.39, 0.29) is 24.5 Å². The number of ether oxygens (including phenoxy) is 2. The minimum absolute atomic E-state index is 0. The lowest BCUT2D eigenvalue weighted by Crippen LogP contribution is -3.00. The van der Waals surface area contributed by atoms with Crippen LogP contribution in [0.25, 0.3) is 11.5 Å². The van der Waals surface area contributed by atoms with E-state index in [1.165, 1.54) is 0 Å². The van der Waals surface area contributed by atoms with Gasteiger partial charge in [0.15, 0.2) is 12.1 Å². The van der Waals surface area contributed by atoms with Crippen LogP contribution in [0.5, 0.6) is 5.75 Å². The maximum absolute atomic E-state index is 13.6. The zero-order chi connectivity index (χ0) is 26.7. The maximum Gasteiger partial charge on any atom is 0.333 e. The summed E-state index contributed by atoms with van der Waals surface area (Å²) in [5.41, 5.74) is 2.62. The van der Waals surface area contributed by atoms with Gasteiger partial charge in [0.25, 0.3) is 5.89 Å². The van der Waals surface area contributed by atoms with E-state index in [4.69, 9.17) is 14.0 Å². The molecule has 2 atom stereocenters. The van der Waals surface area contributed by atoms with Gasteiger partial charge in [0.05, 0.1) is 20.2 Å². The van der Waals surface area contributed by atoms with Gasteiger partial charge in [0.1, 0.15) is 18.8 Å². The summed E-state index contributed by atoms with van der Waals surface area (Å²) in [5, 5.41) is 7.67. The Morgan fingerprint density at radius 2 is 1.68 bits per heavy atom. The van der Waals surface area contributed by atoms with Crippen molar-refractivity contribution in [1.82, 2.24) is 10.1 Å². The molecule has 0 amide bonds. The number of methoxy groups -OCH3 is 1. The molecule has 3 aromatic carbocycles. The predicted molar refractivity (Wildman–Crippen MR) is 147 cm³/mol. The second kappa shape index (κ2) is 12.1. The monoisotopic (exact) mass is 560 g/mol. The number of para-hydroxylation sites is 1. The van der Waals surface area contributed by atoms with E-state index in [0.717, 1.165) is 59.5 Å². The molecule has 40 heavy (non-hydrogen) atoms. The van der Waals surface area contributed by atoms with Crippen molar-refractivity contribution in [3.8, 4) is 17.2 Å². The number of carbonyl (C=O) groups is 1. The number of halogens is 1. The van der Waals surface area contributed by atoms with Gasteiger partial charge in [-0.1, -0.05) is 53.7 Å². The molecule has 0 radical (unpaired) electrons. The number of piperidine rings is 3. The molecule has 3 fully saturated rings. The third-order valence-corrected chi connectivity index (χ3v) is 8.04. The number of nitrogens with zero attached hydrogens (tertiary/aromatic N) is 3. The molecule has 7 rings (SSSR count). The summed E-state index contributed by atoms with van der Waals surface area (Å²) in [6, 6.07) is 26.6. The normalized spacial score (nSPS) is 22.1. The van der Waals surface area contributed by atoms with Crippen LogP contribution in [0, 0.1) is 5.92 Å². The molecule has 2 bridgehead atoms. The molecule has 208 valence electrons. The Kier molecular flexibility index (Phi) is 8.38. The van der Waals surface area contributed by atoms with Crippen LogP contribution in [0.2, 0.25) is 0 Å². The molecule has 4 heterocycles. The summed E-state index contributed by atoms with van der Waals surface area (Å²) in [4.78, 5) is 18.3. The third kappa shape index (κ3) is 5.98. The summed E-state index contributed by atoms with van der Waals surface area (Å²) in [7, 11) is 1.64. The average Bonchev–Trinajstić information content (AvgIpc) is 3.45. The largest absolute Gasteiger partial charge is 1.00 e. The van der Waals surface area contributed by atoms with Crippen LogP contribution in [-0.2, 0) is 16.1 Å². The number of quaternary nitrogens is 1. The van der Waals surface area contributed by atoms with Crippen LogP contribution in [0.15, 0.2) is 89.5 Å². The fourth-order valence-electron chi connectivity index (χ4n) is 5.89. The van der Waals surface area contributed by atoms with E-state index in [9.17, 15) is 4.79 Å². The Morgan fingerprint density at radius 3 is 2.35 bits per heavy atom. The Balaban J connectivity index is 0.00000323. The fraction of sp³-hybridized carbons (Fsp3) is 0.323. The van der Waals surface area contributed by atoms with Crippen LogP contribution in [-0.4, -0.2) is 53.4 Å². The number of rotatable bonds is 9. The van der Waals surface area contributed by atoms with Crippen LogP contribution in [0.3, 0.4) is 0 Å². The number of anilines is 1. The Bertz CT molecular complexity index is 1390. The zero-order valence-corrected chi connectivity index (χ0v) is 23.2. The van der Waals surface area contributed by atoms with E-state index in [1.807, 2.05) is 84.9 Å². The first kappa shape index (κ1) is 27.7. The van der Waals surface area contributed by atoms with Crippen LogP contribution >= 0.6 is 0 Å². The molecule has 3 aliphatic rings. The minimum atomic E-state index is -0.582. The van der Waals surface area contributed by atoms with Gasteiger partial charge in [0, 0.05) is 30.0 Å². The number of nitrogens with one attached hydrogen (secondary N) is 1. The minimum Gasteiger partial charge on any atom is -1.00 e. The SMILES string of the molecule is COc1ccc(-c2nc(C[N+]34CCC(CC3)[C@@H](OC(=O)[C@H](Nc3ccccc3)c3ccccc3)C4)no2)cc1.[Cl-]. The van der Waals surface area contributed by atoms with Crippen molar-refractivity contribution in [1.29, 1.82) is 0 Å². The molecule has 8 nitrogen and oxygen atoms in total. The lowest BCUT2D eigenvalue weighted by Gasteiger charge is -2.51. The number of fused-ring (bicyclic) bond motifs is 3. The van der Waals surface area contributed by atoms with Gasteiger partial charge in [-0.05, 0) is 42.0 Å². The number of aromatic nitrogens is 2. The molecular formula is C31H33ClN4O4. The fourth-order valence-corrected chi connectivity index (χ4v) is 5.89. The number of carbonyl (C=O) groups excluding carboxylic acids is 1. The molecule has 0 saturated carbocycles. The van der Waals surface area contributed by atoms with Crippen LogP contribution < -0.4 is 22.5 Å². The van der Waals surface area contributed by atoms with E-state index >= 15 is 0 Å². The second-order valence-corrected chi connectivity index (χ2v) is 10.5. The summed E-state index contributed by atoms with van der Waals surface area (Å²) in [5.74, 6) is 2.09. The van der Waals surface area contributed by atoms with Gasteiger partial charge in [-0.15, -0.1) is 0 Å². The number of benzene rings is 3. The first-order valence-electron chi connectivity index (χ1n) is 13.5. The van der Waals surface area contributed by atoms with Gasteiger partial charge in [-0.25, -0.2) is 4.79 Å². The summed E-state index contributed by atoms with van der Waals surface area (Å²) >= 11 is 0. The van der Waals surface area contributed by atoms with Crippen molar-refractivity contribution in [3.05, 3.63) is 96.3 Å². The quantitative estimate of drug-likeness (QED) is 0.248. The zero-order valence-electron chi connectivity index (χ0n) is 22.4. The highest BCUT2D eigenvalue weighted by molar-refractivity contribution is 5.81. The van der Waals surface area contributed by atoms with Crippen molar-refractivity contribution in [3.63, 3.8) is 0 Å². The average molecular weight is 561 g/mol. The van der Waals surface area contributed by atoms with Gasteiger partial charge in [0.2, 0.25) is 5.82 Å². The van der Waals surface area contributed by atoms with Gasteiger partial charge in [-0.2, -0.15) is 4.98 Å². The molecule has 0 aliphatic carbocycles. The summed E-state index contributed by atoms with van der Waals surface area (Å²) in [6.45, 7) is 3.46. The van der Waals surface area contributed by atoms with E-state index < -0.39 is 6.04 Å². The molecule has 3 aliphatic heterocycles. The lowest BCUT2D eigenvalue weighted by atomic mass is 9.83. The summed E-state index contributed by atoms with van der Waals surface area (Å²) in [6.07, 6.45) is 1.89. The van der Waals surface area contributed by atoms with Crippen molar-refractivity contribution in [2.75, 3.05) is 32.1 Å². The Hall–Kier alpha value is -3.88. The molecule has 0 unspecified atom stereocenters. The molecule has 1 aromatic heterocycles. The van der Waals surface area contributed by atoms with Crippen molar-refractivity contribution < 1.29 is 35.7 Å². The predicted octanol–water partition coefficient (Wildman–Crippen LogP) is 2.25. The van der Waals surface area contributed by atoms with E-state index in [0.29, 0.717) is 24.2 Å². The number of hydrogen-bond acceptors (Lipinski definition) is 7. The lowest BCUT2D eigenvalue weighted by molar-refractivity contribution is -0.958. The van der Waals surface area contributed by atoms with Gasteiger partial charge >= 0.3 is 5.97 Å². The topological polar surface area (TPSA) is 86.5 Å². The standard InChI is InChI=1S/C31H33N4O4.ClH/c1-37-26-14-12-24(13-15-26)30-33-28(34-39-30)21-35-18-16-22(17-19-35)27(20-35)38-31(36)29(23-8-4-2-5-9-23)32-25-10-6-3-7-11-25;/h2-15,22,27,29,32H,16-21H2,1H3;1H/q+1;/p-1/t22?,27-,29+,35?;/m0./s1. The maximum atomic E-state index is 13.6. The highest BCUT2D eigenvalue weighted by Crippen LogP contribution is 2.38. The first-order valence-corrected chi connectivity index (χ1v) is 13.5. The number of hydrogen-bond donors (Lipinski definition) is 1. The van der Waals surface area contributed by atoms with Crippen LogP contribution in [0.1, 0.15) is 30.3 Å². The molecule has 4 aromatic rings. The van der Waals surface area contributed by atoms with Crippen molar-refractivity contribution in [2.45, 2.75) is 31.5 Å². The smallest absolute Gasteiger partial charge is 0.333 e. The Labute approximate surface area is 240 Å². The number of esters is 1. The van der Waals surface area contributed by atoms with E-state index in [2.05, 4.69) is 15.5 Å². The summed E-state index contributed by atoms with van der Waals surface area (Å²) < 4.78 is 17.9. The Morgan fingerprint density at radius 1 is 1.00 bits per heavy atom. The molecule has 1 N–H and O–H groups in total. The van der Waals surface area contributed by atoms with Crippen molar-refractivity contribution >= 4 is 11.7 Å². The van der Waals surface area contributed by atoms with Crippen molar-refractivity contribution in [2.24, 2.45) is 5.92 Å². The molecule has 0 spiro atoms. The van der Waals surface area contributed by atoms with Gasteiger partial charge in [-0.3, -0.25) is 0 Å². The first-order chi connectivity index (χ1) is 19.1. The highest BCUT2D eigenvalue weighted by atomic mass is 35.5. The van der Waals surface area contributed by atoms with Gasteiger partial charge < -0.3 is 36.2 Å². The molecule has 9 heteroatoms. The van der Waals surface area contributed by atoms with E-state index in [1.54, 1.807) is 7.11 Å². The second-order valence-electron chi connectivity index (χ2n) is 10.5. The molecular weight excluding hydrogens is 528 g/mol. The highest BCUT2D eigenvalue weighted by Gasteiger charge is 2.48. The third-order valence-electron chi connectivity index (χ3n) is 8.04. The van der Waals surface area contributed by atoms with Crippen LogP contribution in [0.4, 0.5) is 5.69 Å².